The van der Waals surface area contributed by atoms with Crippen LogP contribution < -0.4 is 0 Å². The first-order valence-corrected chi connectivity index (χ1v) is 7.61. The average Bonchev–Trinajstić information content (AvgIpc) is 3.09. The summed E-state index contributed by atoms with van der Waals surface area (Å²) < 4.78 is 32.3. The quantitative estimate of drug-likeness (QED) is 0.796. The number of ether oxygens (including phenoxy) is 1. The van der Waals surface area contributed by atoms with Crippen LogP contribution in [0.4, 0.5) is 13.6 Å². The molecule has 2 amide bonds. The highest BCUT2D eigenvalue weighted by Gasteiger charge is 2.61. The molecule has 1 aliphatic heterocycles. The maximum Gasteiger partial charge on any atom is 0.417 e. The van der Waals surface area contributed by atoms with Gasteiger partial charge in [-0.2, -0.15) is 0 Å². The number of imide groups is 1. The number of likely N-dealkylation sites (tertiary alicyclic amines) is 1. The summed E-state index contributed by atoms with van der Waals surface area (Å²) in [6.45, 7) is 5.26. The van der Waals surface area contributed by atoms with Crippen molar-refractivity contribution in [2.75, 3.05) is 6.54 Å². The zero-order valence-electron chi connectivity index (χ0n) is 13.4. The van der Waals surface area contributed by atoms with Crippen molar-refractivity contribution in [3.05, 3.63) is 35.4 Å². The van der Waals surface area contributed by atoms with Crippen molar-refractivity contribution in [2.24, 2.45) is 5.92 Å². The molecule has 0 radical (unpaired) electrons. The topological polar surface area (TPSA) is 46.6 Å². The Morgan fingerprint density at radius 1 is 1.26 bits per heavy atom. The van der Waals surface area contributed by atoms with E-state index in [2.05, 4.69) is 0 Å². The summed E-state index contributed by atoms with van der Waals surface area (Å²) in [4.78, 5) is 25.4. The Labute approximate surface area is 133 Å². The zero-order chi connectivity index (χ0) is 17.0. The molecule has 1 aliphatic carbocycles. The summed E-state index contributed by atoms with van der Waals surface area (Å²) in [5.41, 5.74) is -0.759. The first-order valence-electron chi connectivity index (χ1n) is 7.61. The van der Waals surface area contributed by atoms with Gasteiger partial charge < -0.3 is 4.74 Å². The fourth-order valence-electron chi connectivity index (χ4n) is 3.30. The number of rotatable bonds is 1. The highest BCUT2D eigenvalue weighted by atomic mass is 19.1. The molecular weight excluding hydrogens is 304 g/mol. The molecule has 1 aromatic rings. The SMILES string of the molecule is CC(C)(C)OC(=O)N1C[C@@]2(c3cc(F)cc(F)c3)CC2CC1=O. The van der Waals surface area contributed by atoms with Crippen molar-refractivity contribution in [2.45, 2.75) is 44.6 Å². The first kappa shape index (κ1) is 15.9. The monoisotopic (exact) mass is 323 g/mol. The van der Waals surface area contributed by atoms with E-state index >= 15 is 0 Å². The Balaban J connectivity index is 1.86. The van der Waals surface area contributed by atoms with Gasteiger partial charge in [0, 0.05) is 24.4 Å². The minimum atomic E-state index is -0.712. The number of benzene rings is 1. The predicted molar refractivity (Wildman–Crippen MR) is 78.7 cm³/mol. The van der Waals surface area contributed by atoms with Crippen molar-refractivity contribution in [3.8, 4) is 0 Å². The van der Waals surface area contributed by atoms with Gasteiger partial charge in [-0.05, 0) is 50.8 Å². The zero-order valence-corrected chi connectivity index (χ0v) is 13.4. The Kier molecular flexibility index (Phi) is 3.46. The lowest BCUT2D eigenvalue weighted by atomic mass is 9.88. The van der Waals surface area contributed by atoms with E-state index in [1.807, 2.05) is 0 Å². The number of nitrogens with zero attached hydrogens (tertiary/aromatic N) is 1. The molecule has 2 fully saturated rings. The van der Waals surface area contributed by atoms with Crippen LogP contribution in [0.25, 0.3) is 0 Å². The minimum Gasteiger partial charge on any atom is -0.443 e. The smallest absolute Gasteiger partial charge is 0.417 e. The molecule has 1 unspecified atom stereocenters. The van der Waals surface area contributed by atoms with E-state index in [-0.39, 0.29) is 24.8 Å². The maximum absolute atomic E-state index is 13.5. The van der Waals surface area contributed by atoms with Gasteiger partial charge in [0.15, 0.2) is 0 Å². The van der Waals surface area contributed by atoms with E-state index in [1.165, 1.54) is 12.1 Å². The van der Waals surface area contributed by atoms with E-state index in [0.717, 1.165) is 11.0 Å². The normalized spacial score (nSPS) is 26.7. The number of hydrogen-bond acceptors (Lipinski definition) is 3. The standard InChI is InChI=1S/C17H19F2NO3/c1-16(2,3)23-15(22)20-9-17(8-11(17)6-14(20)21)10-4-12(18)7-13(19)5-10/h4-5,7,11H,6,8-9H2,1-3H3/t11?,17-/m1/s1. The van der Waals surface area contributed by atoms with Gasteiger partial charge in [-0.3, -0.25) is 4.79 Å². The molecule has 0 aromatic heterocycles. The molecule has 3 rings (SSSR count). The van der Waals surface area contributed by atoms with E-state index in [1.54, 1.807) is 20.8 Å². The molecule has 1 saturated heterocycles. The third kappa shape index (κ3) is 2.94. The second kappa shape index (κ2) is 5.01. The van der Waals surface area contributed by atoms with Crippen LogP contribution in [-0.4, -0.2) is 29.0 Å². The van der Waals surface area contributed by atoms with Crippen LogP contribution in [0.15, 0.2) is 18.2 Å². The summed E-state index contributed by atoms with van der Waals surface area (Å²) in [6, 6.07) is 3.38. The highest BCUT2D eigenvalue weighted by molar-refractivity contribution is 5.94. The average molecular weight is 323 g/mol. The molecule has 1 saturated carbocycles. The van der Waals surface area contributed by atoms with Gasteiger partial charge >= 0.3 is 6.09 Å². The molecular formula is C17H19F2NO3. The molecule has 23 heavy (non-hydrogen) atoms. The van der Waals surface area contributed by atoms with E-state index < -0.39 is 28.7 Å². The molecule has 6 heteroatoms. The Morgan fingerprint density at radius 3 is 2.43 bits per heavy atom. The predicted octanol–water partition coefficient (Wildman–Crippen LogP) is 3.39. The van der Waals surface area contributed by atoms with Crippen LogP contribution in [0.5, 0.6) is 0 Å². The number of carbonyl (C=O) groups excluding carboxylic acids is 2. The number of amides is 2. The van der Waals surface area contributed by atoms with Crippen LogP contribution in [0, 0.1) is 17.6 Å². The molecule has 4 nitrogen and oxygen atoms in total. The van der Waals surface area contributed by atoms with Gasteiger partial charge in [0.2, 0.25) is 5.91 Å². The molecule has 2 atom stereocenters. The second-order valence-electron chi connectivity index (χ2n) is 7.38. The van der Waals surface area contributed by atoms with Crippen LogP contribution in [0.2, 0.25) is 0 Å². The van der Waals surface area contributed by atoms with Crippen molar-refractivity contribution in [3.63, 3.8) is 0 Å². The molecule has 2 aliphatic rings. The Hall–Kier alpha value is -1.98. The van der Waals surface area contributed by atoms with Gasteiger partial charge in [-0.25, -0.2) is 18.5 Å². The fraction of sp³-hybridized carbons (Fsp3) is 0.529. The van der Waals surface area contributed by atoms with Crippen LogP contribution in [-0.2, 0) is 14.9 Å². The third-order valence-electron chi connectivity index (χ3n) is 4.45. The summed E-state index contributed by atoms with van der Waals surface area (Å²) in [5, 5.41) is 0. The summed E-state index contributed by atoms with van der Waals surface area (Å²) in [7, 11) is 0. The van der Waals surface area contributed by atoms with E-state index in [4.69, 9.17) is 4.74 Å². The van der Waals surface area contributed by atoms with E-state index in [9.17, 15) is 18.4 Å². The van der Waals surface area contributed by atoms with Crippen molar-refractivity contribution >= 4 is 12.0 Å². The van der Waals surface area contributed by atoms with Gasteiger partial charge in [0.05, 0.1) is 0 Å². The fourth-order valence-corrected chi connectivity index (χ4v) is 3.30. The molecule has 0 bridgehead atoms. The van der Waals surface area contributed by atoms with Crippen molar-refractivity contribution in [1.29, 1.82) is 0 Å². The van der Waals surface area contributed by atoms with Crippen molar-refractivity contribution < 1.29 is 23.1 Å². The number of hydrogen-bond donors (Lipinski definition) is 0. The number of piperidine rings is 1. The Bertz CT molecular complexity index is 663. The lowest BCUT2D eigenvalue weighted by Gasteiger charge is -2.33. The van der Waals surface area contributed by atoms with Crippen molar-refractivity contribution in [1.82, 2.24) is 4.90 Å². The molecule has 1 aromatic carbocycles. The van der Waals surface area contributed by atoms with Gasteiger partial charge in [0.25, 0.3) is 0 Å². The number of halogens is 2. The third-order valence-corrected chi connectivity index (χ3v) is 4.45. The maximum atomic E-state index is 13.5. The Morgan fingerprint density at radius 2 is 1.87 bits per heavy atom. The van der Waals surface area contributed by atoms with Gasteiger partial charge in [-0.1, -0.05) is 0 Å². The van der Waals surface area contributed by atoms with Gasteiger partial charge in [0.1, 0.15) is 17.2 Å². The minimum absolute atomic E-state index is 0.0230. The van der Waals surface area contributed by atoms with Crippen LogP contribution in [0.3, 0.4) is 0 Å². The van der Waals surface area contributed by atoms with Crippen LogP contribution in [0.1, 0.15) is 39.2 Å². The summed E-state index contributed by atoms with van der Waals surface area (Å²) in [6.07, 6.45) is 0.127. The summed E-state index contributed by atoms with van der Waals surface area (Å²) in [5.74, 6) is -1.58. The lowest BCUT2D eigenvalue weighted by molar-refractivity contribution is -0.133. The van der Waals surface area contributed by atoms with E-state index in [0.29, 0.717) is 12.0 Å². The second-order valence-corrected chi connectivity index (χ2v) is 7.38. The number of fused-ring (bicyclic) bond motifs is 1. The molecule has 124 valence electrons. The lowest BCUT2D eigenvalue weighted by Crippen LogP contribution is -2.48. The van der Waals surface area contributed by atoms with Crippen LogP contribution >= 0.6 is 0 Å². The first-order chi connectivity index (χ1) is 10.6. The highest BCUT2D eigenvalue weighted by Crippen LogP contribution is 2.59. The largest absolute Gasteiger partial charge is 0.443 e. The number of carbonyl (C=O) groups is 2. The molecule has 0 N–H and O–H groups in total. The summed E-state index contributed by atoms with van der Waals surface area (Å²) >= 11 is 0. The molecule has 1 heterocycles. The van der Waals surface area contributed by atoms with Gasteiger partial charge in [-0.15, -0.1) is 0 Å². The molecule has 0 spiro atoms.